The van der Waals surface area contributed by atoms with Crippen LogP contribution in [0.1, 0.15) is 0 Å². The molecule has 0 unspecified atom stereocenters. The summed E-state index contributed by atoms with van der Waals surface area (Å²) in [4.78, 5) is 29.7. The van der Waals surface area contributed by atoms with Gasteiger partial charge in [0, 0.05) is 0 Å². The molecule has 0 aliphatic carbocycles. The number of aliphatic hydroxyl groups is 15. The molecular formula is C18H36O18. The molecule has 0 aromatic heterocycles. The van der Waals surface area contributed by atoms with Crippen LogP contribution in [0.25, 0.3) is 0 Å². The van der Waals surface area contributed by atoms with E-state index in [1.165, 1.54) is 0 Å². The van der Waals surface area contributed by atoms with Crippen LogP contribution in [-0.4, -0.2) is 189 Å². The van der Waals surface area contributed by atoms with Crippen LogP contribution < -0.4 is 0 Å². The van der Waals surface area contributed by atoms with Crippen molar-refractivity contribution in [1.29, 1.82) is 0 Å². The van der Waals surface area contributed by atoms with E-state index in [1.54, 1.807) is 0 Å². The highest BCUT2D eigenvalue weighted by Gasteiger charge is 2.31. The Morgan fingerprint density at radius 1 is 0.361 bits per heavy atom. The van der Waals surface area contributed by atoms with Crippen molar-refractivity contribution in [3.8, 4) is 0 Å². The highest BCUT2D eigenvalue weighted by Crippen LogP contribution is 2.04. The van der Waals surface area contributed by atoms with E-state index in [2.05, 4.69) is 0 Å². The molecule has 0 aliphatic rings. The van der Waals surface area contributed by atoms with Crippen LogP contribution in [0.4, 0.5) is 0 Å². The highest BCUT2D eigenvalue weighted by atomic mass is 16.4. The topological polar surface area (TPSA) is 355 Å². The second-order valence-electron chi connectivity index (χ2n) is 7.07. The standard InChI is InChI=1S/3C6H12O6/c3*7-1-3(9)5(11)6(12)4(10)2-8/h3*1,3-6,8-12H,2H2/t2*3-,4+,5+,6+;3-,4-,5-,6-/m001/s1. The van der Waals surface area contributed by atoms with Gasteiger partial charge < -0.3 is 91.0 Å². The fraction of sp³-hybridized carbons (Fsp3) is 0.833. The van der Waals surface area contributed by atoms with Crippen LogP contribution in [0.5, 0.6) is 0 Å². The summed E-state index contributed by atoms with van der Waals surface area (Å²) in [6, 6.07) is 0. The van der Waals surface area contributed by atoms with E-state index in [0.717, 1.165) is 0 Å². The second kappa shape index (κ2) is 21.5. The van der Waals surface area contributed by atoms with Crippen molar-refractivity contribution in [3.63, 3.8) is 0 Å². The van der Waals surface area contributed by atoms with Gasteiger partial charge in [-0.2, -0.15) is 0 Å². The Morgan fingerprint density at radius 3 is 0.639 bits per heavy atom. The number of rotatable bonds is 15. The summed E-state index contributed by atoms with van der Waals surface area (Å²) in [6.07, 6.45) is -20.5. The Balaban J connectivity index is -0.000000454. The number of hydrogen-bond donors (Lipinski definition) is 15. The van der Waals surface area contributed by atoms with Crippen molar-refractivity contribution < 1.29 is 91.0 Å². The van der Waals surface area contributed by atoms with E-state index >= 15 is 0 Å². The van der Waals surface area contributed by atoms with Crippen molar-refractivity contribution in [1.82, 2.24) is 0 Å². The van der Waals surface area contributed by atoms with Gasteiger partial charge in [0.2, 0.25) is 0 Å². The van der Waals surface area contributed by atoms with Crippen LogP contribution in [0.2, 0.25) is 0 Å². The third-order valence-electron chi connectivity index (χ3n) is 4.26. The largest absolute Gasteiger partial charge is 0.394 e. The number of carbonyl (C=O) groups is 3. The number of carbonyl (C=O) groups excluding carboxylic acids is 3. The second-order valence-corrected chi connectivity index (χ2v) is 7.07. The molecular weight excluding hydrogens is 504 g/mol. The third kappa shape index (κ3) is 14.8. The van der Waals surface area contributed by atoms with Crippen molar-refractivity contribution in [3.05, 3.63) is 0 Å². The zero-order valence-electron chi connectivity index (χ0n) is 18.7. The molecule has 0 aromatic rings. The molecule has 216 valence electrons. The summed E-state index contributed by atoms with van der Waals surface area (Å²) in [7, 11) is 0. The van der Waals surface area contributed by atoms with Crippen LogP contribution in [0.15, 0.2) is 0 Å². The molecule has 0 aliphatic heterocycles. The Hall–Kier alpha value is -1.59. The van der Waals surface area contributed by atoms with Crippen LogP contribution in [0, 0.1) is 0 Å². The van der Waals surface area contributed by atoms with Crippen molar-refractivity contribution in [2.24, 2.45) is 0 Å². The monoisotopic (exact) mass is 540 g/mol. The SMILES string of the molecule is O=C[C@@H](O)[C@@H](O)[C@H](O)[C@H](O)CO.O=C[C@H](O)[C@@H](O)[C@H](O)[C@H](O)CO.O=C[C@H](O)[C@@H](O)[C@H](O)[C@H](O)CO. The minimum absolute atomic E-state index is 0.0258. The molecule has 18 nitrogen and oxygen atoms in total. The fourth-order valence-electron chi connectivity index (χ4n) is 1.85. The molecule has 0 saturated heterocycles. The maximum absolute atomic E-state index is 9.90. The van der Waals surface area contributed by atoms with Gasteiger partial charge in [-0.3, -0.25) is 0 Å². The highest BCUT2D eigenvalue weighted by molar-refractivity contribution is 5.57. The molecule has 0 fully saturated rings. The quantitative estimate of drug-likeness (QED) is 0.0856. The average molecular weight is 540 g/mol. The maximum Gasteiger partial charge on any atom is 0.151 e. The fourth-order valence-corrected chi connectivity index (χ4v) is 1.85. The Labute approximate surface area is 203 Å². The van der Waals surface area contributed by atoms with Crippen LogP contribution in [-0.2, 0) is 14.4 Å². The summed E-state index contributed by atoms with van der Waals surface area (Å²) in [6.45, 7) is -2.28. The first kappa shape index (κ1) is 38.9. The first-order chi connectivity index (χ1) is 16.6. The molecule has 0 aromatic carbocycles. The first-order valence-corrected chi connectivity index (χ1v) is 9.98. The maximum atomic E-state index is 9.90. The molecule has 0 amide bonds. The van der Waals surface area contributed by atoms with Gasteiger partial charge in [0.1, 0.15) is 73.2 Å². The van der Waals surface area contributed by atoms with Gasteiger partial charge in [-0.15, -0.1) is 0 Å². The van der Waals surface area contributed by atoms with Crippen molar-refractivity contribution >= 4 is 18.9 Å². The molecule has 36 heavy (non-hydrogen) atoms. The van der Waals surface area contributed by atoms with E-state index in [4.69, 9.17) is 76.6 Å². The summed E-state index contributed by atoms with van der Waals surface area (Å²) in [5.41, 5.74) is 0. The summed E-state index contributed by atoms with van der Waals surface area (Å²) < 4.78 is 0. The van der Waals surface area contributed by atoms with E-state index in [-0.39, 0.29) is 18.9 Å². The molecule has 0 radical (unpaired) electrons. The predicted molar refractivity (Wildman–Crippen MR) is 112 cm³/mol. The molecule has 0 saturated carbocycles. The van der Waals surface area contributed by atoms with Gasteiger partial charge in [0.05, 0.1) is 19.8 Å². The number of aliphatic hydroxyl groups excluding tert-OH is 15. The van der Waals surface area contributed by atoms with Gasteiger partial charge in [0.25, 0.3) is 0 Å². The molecule has 0 heterocycles. The third-order valence-corrected chi connectivity index (χ3v) is 4.26. The molecule has 0 spiro atoms. The zero-order chi connectivity index (χ0) is 29.2. The van der Waals surface area contributed by atoms with Gasteiger partial charge in [-0.05, 0) is 0 Å². The minimum Gasteiger partial charge on any atom is -0.394 e. The van der Waals surface area contributed by atoms with Gasteiger partial charge in [-0.1, -0.05) is 0 Å². The first-order valence-electron chi connectivity index (χ1n) is 9.98. The van der Waals surface area contributed by atoms with E-state index < -0.39 is 93.1 Å². The van der Waals surface area contributed by atoms with Crippen molar-refractivity contribution in [2.75, 3.05) is 19.8 Å². The van der Waals surface area contributed by atoms with Gasteiger partial charge in [0.15, 0.2) is 18.9 Å². The number of hydrogen-bond acceptors (Lipinski definition) is 18. The zero-order valence-corrected chi connectivity index (χ0v) is 18.7. The summed E-state index contributed by atoms with van der Waals surface area (Å²) in [5.74, 6) is 0. The number of aldehydes is 3. The normalized spacial score (nSPS) is 21.1. The summed E-state index contributed by atoms with van der Waals surface area (Å²) in [5, 5.41) is 131. The van der Waals surface area contributed by atoms with Crippen LogP contribution in [0.3, 0.4) is 0 Å². The predicted octanol–water partition coefficient (Wildman–Crippen LogP) is -10.1. The van der Waals surface area contributed by atoms with Gasteiger partial charge >= 0.3 is 0 Å². The Morgan fingerprint density at radius 2 is 0.528 bits per heavy atom. The van der Waals surface area contributed by atoms with E-state index in [0.29, 0.717) is 0 Å². The lowest BCUT2D eigenvalue weighted by atomic mass is 10.0. The average Bonchev–Trinajstić information content (AvgIpc) is 2.92. The van der Waals surface area contributed by atoms with Gasteiger partial charge in [-0.25, -0.2) is 0 Å². The lowest BCUT2D eigenvalue weighted by molar-refractivity contribution is -0.136. The van der Waals surface area contributed by atoms with E-state index in [1.807, 2.05) is 0 Å². The molecule has 0 rings (SSSR count). The Kier molecular flexibility index (Phi) is 23.2. The molecule has 12 atom stereocenters. The molecule has 15 N–H and O–H groups in total. The lowest BCUT2D eigenvalue weighted by Gasteiger charge is -2.22. The lowest BCUT2D eigenvalue weighted by Crippen LogP contribution is -2.46. The Bertz CT molecular complexity index is 490. The minimum atomic E-state index is -1.79. The van der Waals surface area contributed by atoms with Crippen molar-refractivity contribution in [2.45, 2.75) is 73.2 Å². The smallest absolute Gasteiger partial charge is 0.151 e. The molecule has 0 bridgehead atoms. The van der Waals surface area contributed by atoms with E-state index in [9.17, 15) is 14.4 Å². The molecule has 18 heteroatoms. The van der Waals surface area contributed by atoms with Crippen LogP contribution >= 0.6 is 0 Å². The summed E-state index contributed by atoms with van der Waals surface area (Å²) >= 11 is 0.